The molecule has 0 aliphatic heterocycles. The fraction of sp³-hybridized carbons (Fsp3) is 0.769. The van der Waals surface area contributed by atoms with E-state index in [-0.39, 0.29) is 0 Å². The summed E-state index contributed by atoms with van der Waals surface area (Å²) in [4.78, 5) is 0. The highest BCUT2D eigenvalue weighted by Gasteiger charge is 2.30. The summed E-state index contributed by atoms with van der Waals surface area (Å²) in [6.45, 7) is 7.54. The molecule has 1 fully saturated rings. The van der Waals surface area contributed by atoms with Gasteiger partial charge in [0.05, 0.1) is 12.4 Å². The molecule has 0 unspecified atom stereocenters. The summed E-state index contributed by atoms with van der Waals surface area (Å²) in [5, 5.41) is 7.78. The number of aromatic nitrogens is 2. The number of rotatable bonds is 6. The van der Waals surface area contributed by atoms with Gasteiger partial charge < -0.3 is 10.1 Å². The van der Waals surface area contributed by atoms with Crippen LogP contribution in [0.15, 0.2) is 12.4 Å². The molecular formula is C13H23N3O. The van der Waals surface area contributed by atoms with Crippen molar-refractivity contribution in [1.82, 2.24) is 15.1 Å². The van der Waals surface area contributed by atoms with Crippen LogP contribution in [0.1, 0.15) is 46.1 Å². The molecule has 4 heteroatoms. The van der Waals surface area contributed by atoms with Gasteiger partial charge in [-0.15, -0.1) is 0 Å². The van der Waals surface area contributed by atoms with Crippen LogP contribution in [0.25, 0.3) is 0 Å². The zero-order valence-electron chi connectivity index (χ0n) is 11.0. The standard InChI is InChI=1S/C13H23N3O/c1-4-5-14-11-6-12(7-11)17-13-8-15-16(9-13)10(2)3/h8-12,14H,4-7H2,1-3H3. The van der Waals surface area contributed by atoms with Crippen molar-refractivity contribution in [2.24, 2.45) is 0 Å². The van der Waals surface area contributed by atoms with Gasteiger partial charge in [-0.1, -0.05) is 6.92 Å². The molecule has 4 nitrogen and oxygen atoms in total. The van der Waals surface area contributed by atoms with E-state index in [0.717, 1.165) is 25.1 Å². The number of hydrogen-bond acceptors (Lipinski definition) is 3. The normalized spacial score (nSPS) is 23.8. The van der Waals surface area contributed by atoms with Crippen LogP contribution in [0, 0.1) is 0 Å². The first kappa shape index (κ1) is 12.4. The first-order valence-corrected chi connectivity index (χ1v) is 6.63. The monoisotopic (exact) mass is 237 g/mol. The molecule has 1 aliphatic rings. The third-order valence-corrected chi connectivity index (χ3v) is 3.19. The molecule has 2 rings (SSSR count). The van der Waals surface area contributed by atoms with Gasteiger partial charge in [0, 0.05) is 12.1 Å². The predicted molar refractivity (Wildman–Crippen MR) is 68.3 cm³/mol. The Labute approximate surface area is 103 Å². The average Bonchev–Trinajstić information content (AvgIpc) is 2.69. The van der Waals surface area contributed by atoms with Gasteiger partial charge in [0.25, 0.3) is 0 Å². The Morgan fingerprint density at radius 2 is 2.29 bits per heavy atom. The second kappa shape index (κ2) is 5.54. The Hall–Kier alpha value is -1.03. The van der Waals surface area contributed by atoms with Crippen LogP contribution < -0.4 is 10.1 Å². The van der Waals surface area contributed by atoms with E-state index in [9.17, 15) is 0 Å². The van der Waals surface area contributed by atoms with E-state index in [1.165, 1.54) is 6.42 Å². The summed E-state index contributed by atoms with van der Waals surface area (Å²) in [6.07, 6.45) is 7.60. The maximum absolute atomic E-state index is 5.87. The molecule has 1 aromatic rings. The highest BCUT2D eigenvalue weighted by Crippen LogP contribution is 2.26. The lowest BCUT2D eigenvalue weighted by atomic mass is 9.89. The van der Waals surface area contributed by atoms with Crippen molar-refractivity contribution in [2.75, 3.05) is 6.54 Å². The first-order valence-electron chi connectivity index (χ1n) is 6.63. The van der Waals surface area contributed by atoms with Gasteiger partial charge in [0.2, 0.25) is 0 Å². The number of ether oxygens (including phenoxy) is 1. The van der Waals surface area contributed by atoms with Gasteiger partial charge in [-0.05, 0) is 39.7 Å². The zero-order valence-corrected chi connectivity index (χ0v) is 11.0. The minimum Gasteiger partial charge on any atom is -0.487 e. The van der Waals surface area contributed by atoms with Crippen molar-refractivity contribution in [3.8, 4) is 5.75 Å². The summed E-state index contributed by atoms with van der Waals surface area (Å²) in [5.41, 5.74) is 0. The highest BCUT2D eigenvalue weighted by molar-refractivity contribution is 5.13. The first-order chi connectivity index (χ1) is 8.19. The molecule has 96 valence electrons. The van der Waals surface area contributed by atoms with Gasteiger partial charge in [-0.2, -0.15) is 5.10 Å². The molecule has 0 bridgehead atoms. The molecule has 0 aromatic carbocycles. The molecule has 0 spiro atoms. The maximum atomic E-state index is 5.87. The van der Waals surface area contributed by atoms with E-state index in [1.54, 1.807) is 0 Å². The summed E-state index contributed by atoms with van der Waals surface area (Å²) < 4.78 is 7.80. The van der Waals surface area contributed by atoms with Gasteiger partial charge in [-0.3, -0.25) is 4.68 Å². The van der Waals surface area contributed by atoms with Gasteiger partial charge in [-0.25, -0.2) is 0 Å². The fourth-order valence-electron chi connectivity index (χ4n) is 2.03. The Morgan fingerprint density at radius 1 is 1.53 bits per heavy atom. The Kier molecular flexibility index (Phi) is 4.05. The largest absolute Gasteiger partial charge is 0.487 e. The zero-order chi connectivity index (χ0) is 12.3. The summed E-state index contributed by atoms with van der Waals surface area (Å²) in [6, 6.07) is 1.05. The van der Waals surface area contributed by atoms with Crippen LogP contribution in [-0.2, 0) is 0 Å². The lowest BCUT2D eigenvalue weighted by molar-refractivity contribution is 0.0851. The fourth-order valence-corrected chi connectivity index (χ4v) is 2.03. The Bertz CT molecular complexity index is 342. The number of nitrogens with one attached hydrogen (secondary N) is 1. The molecule has 0 atom stereocenters. The lowest BCUT2D eigenvalue weighted by Gasteiger charge is -2.35. The Balaban J connectivity index is 1.72. The van der Waals surface area contributed by atoms with E-state index in [2.05, 4.69) is 31.2 Å². The van der Waals surface area contributed by atoms with E-state index >= 15 is 0 Å². The smallest absolute Gasteiger partial charge is 0.157 e. The minimum absolute atomic E-state index is 0.370. The minimum atomic E-state index is 0.370. The molecule has 1 heterocycles. The molecule has 1 saturated carbocycles. The molecular weight excluding hydrogens is 214 g/mol. The van der Waals surface area contributed by atoms with Crippen LogP contribution in [0.5, 0.6) is 5.75 Å². The molecule has 1 aliphatic carbocycles. The SMILES string of the molecule is CCCNC1CC(Oc2cnn(C(C)C)c2)C1. The van der Waals surface area contributed by atoms with Crippen LogP contribution in [0.4, 0.5) is 0 Å². The van der Waals surface area contributed by atoms with E-state index < -0.39 is 0 Å². The lowest BCUT2D eigenvalue weighted by Crippen LogP contribution is -2.46. The number of nitrogens with zero attached hydrogens (tertiary/aromatic N) is 2. The van der Waals surface area contributed by atoms with Crippen molar-refractivity contribution < 1.29 is 4.74 Å². The molecule has 0 radical (unpaired) electrons. The van der Waals surface area contributed by atoms with Crippen molar-refractivity contribution in [3.63, 3.8) is 0 Å². The number of hydrogen-bond donors (Lipinski definition) is 1. The van der Waals surface area contributed by atoms with Gasteiger partial charge >= 0.3 is 0 Å². The molecule has 1 aromatic heterocycles. The third kappa shape index (κ3) is 3.22. The van der Waals surface area contributed by atoms with Crippen molar-refractivity contribution in [3.05, 3.63) is 12.4 Å². The van der Waals surface area contributed by atoms with E-state index in [0.29, 0.717) is 18.2 Å². The van der Waals surface area contributed by atoms with Crippen LogP contribution in [0.2, 0.25) is 0 Å². The van der Waals surface area contributed by atoms with Crippen molar-refractivity contribution in [1.29, 1.82) is 0 Å². The van der Waals surface area contributed by atoms with Crippen molar-refractivity contribution in [2.45, 2.75) is 58.2 Å². The maximum Gasteiger partial charge on any atom is 0.157 e. The van der Waals surface area contributed by atoms with Gasteiger partial charge in [0.1, 0.15) is 6.10 Å². The summed E-state index contributed by atoms with van der Waals surface area (Å²) in [5.74, 6) is 0.901. The van der Waals surface area contributed by atoms with E-state index in [1.807, 2.05) is 17.1 Å². The summed E-state index contributed by atoms with van der Waals surface area (Å²) in [7, 11) is 0. The van der Waals surface area contributed by atoms with Crippen LogP contribution >= 0.6 is 0 Å². The van der Waals surface area contributed by atoms with Crippen LogP contribution in [-0.4, -0.2) is 28.5 Å². The quantitative estimate of drug-likeness (QED) is 0.825. The second-order valence-electron chi connectivity index (χ2n) is 5.11. The predicted octanol–water partition coefficient (Wildman–Crippen LogP) is 2.37. The van der Waals surface area contributed by atoms with E-state index in [4.69, 9.17) is 4.74 Å². The Morgan fingerprint density at radius 3 is 2.88 bits per heavy atom. The van der Waals surface area contributed by atoms with Crippen molar-refractivity contribution >= 4 is 0 Å². The second-order valence-corrected chi connectivity index (χ2v) is 5.11. The average molecular weight is 237 g/mol. The topological polar surface area (TPSA) is 39.1 Å². The van der Waals surface area contributed by atoms with Gasteiger partial charge in [0.15, 0.2) is 5.75 Å². The highest BCUT2D eigenvalue weighted by atomic mass is 16.5. The molecule has 1 N–H and O–H groups in total. The molecule has 17 heavy (non-hydrogen) atoms. The van der Waals surface area contributed by atoms with Crippen LogP contribution in [0.3, 0.4) is 0 Å². The molecule has 0 amide bonds. The molecule has 0 saturated heterocycles. The summed E-state index contributed by atoms with van der Waals surface area (Å²) >= 11 is 0. The third-order valence-electron chi connectivity index (χ3n) is 3.19.